The Hall–Kier alpha value is -1.10. The lowest BCUT2D eigenvalue weighted by Gasteiger charge is -2.14. The van der Waals surface area contributed by atoms with Crippen molar-refractivity contribution in [1.29, 1.82) is 0 Å². The van der Waals surface area contributed by atoms with Crippen LogP contribution in [0.3, 0.4) is 0 Å². The van der Waals surface area contributed by atoms with E-state index in [0.717, 1.165) is 13.0 Å². The number of nitrogens with zero attached hydrogens (tertiary/aromatic N) is 1. The van der Waals surface area contributed by atoms with Gasteiger partial charge in [-0.05, 0) is 18.6 Å². The minimum Gasteiger partial charge on any atom is -0.392 e. The number of rotatable bonds is 3. The summed E-state index contributed by atoms with van der Waals surface area (Å²) in [5.41, 5.74) is 0.624. The first-order valence-electron chi connectivity index (χ1n) is 5.60. The number of hydrogen-bond donors (Lipinski definition) is 2. The highest BCUT2D eigenvalue weighted by Crippen LogP contribution is 2.20. The Morgan fingerprint density at radius 2 is 2.29 bits per heavy atom. The van der Waals surface area contributed by atoms with Gasteiger partial charge >= 0.3 is 0 Å². The number of hydrogen-bond acceptors (Lipinski definition) is 3. The monoisotopic (exact) mass is 254 g/mol. The first-order chi connectivity index (χ1) is 8.15. The fourth-order valence-electron chi connectivity index (χ4n) is 1.91. The molecule has 1 aromatic carbocycles. The Balaban J connectivity index is 1.87. The normalized spacial score (nSPS) is 20.5. The third-order valence-corrected chi connectivity index (χ3v) is 3.09. The molecule has 5 heteroatoms. The van der Waals surface area contributed by atoms with E-state index in [2.05, 4.69) is 5.32 Å². The molecule has 2 N–H and O–H groups in total. The highest BCUT2D eigenvalue weighted by molar-refractivity contribution is 6.33. The molecule has 0 spiro atoms. The van der Waals surface area contributed by atoms with E-state index in [1.165, 1.54) is 0 Å². The largest absolute Gasteiger partial charge is 0.392 e. The highest BCUT2D eigenvalue weighted by atomic mass is 35.5. The molecule has 1 fully saturated rings. The first kappa shape index (κ1) is 12.4. The summed E-state index contributed by atoms with van der Waals surface area (Å²) in [7, 11) is 0. The van der Waals surface area contributed by atoms with Crippen LogP contribution in [0.5, 0.6) is 0 Å². The average Bonchev–Trinajstić information content (AvgIpc) is 2.67. The van der Waals surface area contributed by atoms with Crippen molar-refractivity contribution in [2.45, 2.75) is 12.5 Å². The number of benzene rings is 1. The van der Waals surface area contributed by atoms with Crippen LogP contribution < -0.4 is 5.32 Å². The number of carbonyl (C=O) groups excluding carboxylic acids is 1. The van der Waals surface area contributed by atoms with Crippen LogP contribution in [0, 0.1) is 0 Å². The van der Waals surface area contributed by atoms with E-state index in [4.69, 9.17) is 11.6 Å². The Morgan fingerprint density at radius 1 is 1.53 bits per heavy atom. The predicted molar refractivity (Wildman–Crippen MR) is 67.1 cm³/mol. The molecule has 1 heterocycles. The molecule has 1 aliphatic rings. The predicted octanol–water partition coefficient (Wildman–Crippen LogP) is 1.35. The van der Waals surface area contributed by atoms with E-state index in [-0.39, 0.29) is 12.0 Å². The Labute approximate surface area is 105 Å². The molecule has 0 unspecified atom stereocenters. The molecular formula is C12H15ClN2O2. The van der Waals surface area contributed by atoms with Crippen molar-refractivity contribution in [3.8, 4) is 0 Å². The SMILES string of the molecule is O=C(CN1CC[C@@H](O)C1)Nc1ccccc1Cl. The Bertz CT molecular complexity index is 411. The minimum atomic E-state index is -0.303. The van der Waals surface area contributed by atoms with Gasteiger partial charge in [0.1, 0.15) is 0 Å². The van der Waals surface area contributed by atoms with E-state index >= 15 is 0 Å². The maximum absolute atomic E-state index is 11.7. The third kappa shape index (κ3) is 3.43. The van der Waals surface area contributed by atoms with Gasteiger partial charge in [0.25, 0.3) is 0 Å². The summed E-state index contributed by atoms with van der Waals surface area (Å²) >= 11 is 5.94. The number of nitrogens with one attached hydrogen (secondary N) is 1. The van der Waals surface area contributed by atoms with E-state index in [1.807, 2.05) is 17.0 Å². The number of halogens is 1. The van der Waals surface area contributed by atoms with Gasteiger partial charge in [0.05, 0.1) is 23.4 Å². The van der Waals surface area contributed by atoms with Crippen LogP contribution in [0.15, 0.2) is 24.3 Å². The van der Waals surface area contributed by atoms with Crippen molar-refractivity contribution in [2.24, 2.45) is 0 Å². The van der Waals surface area contributed by atoms with E-state index in [0.29, 0.717) is 23.8 Å². The van der Waals surface area contributed by atoms with Gasteiger partial charge in [-0.15, -0.1) is 0 Å². The van der Waals surface area contributed by atoms with Crippen LogP contribution in [-0.4, -0.2) is 41.7 Å². The molecule has 1 aliphatic heterocycles. The van der Waals surface area contributed by atoms with Crippen LogP contribution >= 0.6 is 11.6 Å². The smallest absolute Gasteiger partial charge is 0.238 e. The zero-order chi connectivity index (χ0) is 12.3. The minimum absolute atomic E-state index is 0.104. The van der Waals surface area contributed by atoms with Gasteiger partial charge in [0.2, 0.25) is 5.91 Å². The summed E-state index contributed by atoms with van der Waals surface area (Å²) in [5.74, 6) is -0.104. The fraction of sp³-hybridized carbons (Fsp3) is 0.417. The summed E-state index contributed by atoms with van der Waals surface area (Å²) in [5, 5.41) is 12.6. The molecule has 4 nitrogen and oxygen atoms in total. The Morgan fingerprint density at radius 3 is 2.94 bits per heavy atom. The second kappa shape index (κ2) is 5.49. The molecule has 1 amide bonds. The number of amides is 1. The first-order valence-corrected chi connectivity index (χ1v) is 5.98. The number of para-hydroxylation sites is 1. The third-order valence-electron chi connectivity index (χ3n) is 2.76. The lowest BCUT2D eigenvalue weighted by atomic mass is 10.3. The van der Waals surface area contributed by atoms with Gasteiger partial charge in [-0.3, -0.25) is 9.69 Å². The van der Waals surface area contributed by atoms with Crippen molar-refractivity contribution in [3.05, 3.63) is 29.3 Å². The molecule has 0 aromatic heterocycles. The average molecular weight is 255 g/mol. The van der Waals surface area contributed by atoms with E-state index < -0.39 is 0 Å². The number of likely N-dealkylation sites (tertiary alicyclic amines) is 1. The van der Waals surface area contributed by atoms with Gasteiger partial charge in [-0.2, -0.15) is 0 Å². The molecule has 0 bridgehead atoms. The topological polar surface area (TPSA) is 52.6 Å². The molecule has 17 heavy (non-hydrogen) atoms. The lowest BCUT2D eigenvalue weighted by Crippen LogP contribution is -2.32. The van der Waals surface area contributed by atoms with Crippen LogP contribution in [0.25, 0.3) is 0 Å². The molecule has 1 saturated heterocycles. The van der Waals surface area contributed by atoms with Crippen LogP contribution in [0.4, 0.5) is 5.69 Å². The van der Waals surface area contributed by atoms with Crippen LogP contribution in [0.1, 0.15) is 6.42 Å². The lowest BCUT2D eigenvalue weighted by molar-refractivity contribution is -0.117. The number of carbonyl (C=O) groups is 1. The van der Waals surface area contributed by atoms with Crippen molar-refractivity contribution >= 4 is 23.2 Å². The Kier molecular flexibility index (Phi) is 3.99. The number of β-amino-alcohol motifs (C(OH)–C–C–N with tert-alkyl or cyclic N) is 1. The van der Waals surface area contributed by atoms with Gasteiger partial charge in [-0.1, -0.05) is 23.7 Å². The summed E-state index contributed by atoms with van der Waals surface area (Å²) in [6, 6.07) is 7.13. The van der Waals surface area contributed by atoms with Gasteiger partial charge in [-0.25, -0.2) is 0 Å². The van der Waals surface area contributed by atoms with E-state index in [1.54, 1.807) is 12.1 Å². The molecule has 0 radical (unpaired) electrons. The summed E-state index contributed by atoms with van der Waals surface area (Å²) in [6.07, 6.45) is 0.433. The standard InChI is InChI=1S/C12H15ClN2O2/c13-10-3-1-2-4-11(10)14-12(17)8-15-6-5-9(16)7-15/h1-4,9,16H,5-8H2,(H,14,17)/t9-/m1/s1. The fourth-order valence-corrected chi connectivity index (χ4v) is 2.09. The van der Waals surface area contributed by atoms with Crippen LogP contribution in [0.2, 0.25) is 5.02 Å². The summed E-state index contributed by atoms with van der Waals surface area (Å²) < 4.78 is 0. The molecule has 0 aliphatic carbocycles. The maximum Gasteiger partial charge on any atom is 0.238 e. The van der Waals surface area contributed by atoms with Crippen molar-refractivity contribution < 1.29 is 9.90 Å². The number of aliphatic hydroxyl groups excluding tert-OH is 1. The van der Waals surface area contributed by atoms with Crippen molar-refractivity contribution in [3.63, 3.8) is 0 Å². The van der Waals surface area contributed by atoms with Gasteiger partial charge in [0, 0.05) is 13.1 Å². The van der Waals surface area contributed by atoms with Gasteiger partial charge < -0.3 is 10.4 Å². The molecule has 1 atom stereocenters. The molecule has 0 saturated carbocycles. The maximum atomic E-state index is 11.7. The second-order valence-corrected chi connectivity index (χ2v) is 4.61. The molecular weight excluding hydrogens is 240 g/mol. The van der Waals surface area contributed by atoms with Crippen LogP contribution in [-0.2, 0) is 4.79 Å². The number of aliphatic hydroxyl groups is 1. The number of anilines is 1. The summed E-state index contributed by atoms with van der Waals surface area (Å²) in [4.78, 5) is 13.7. The highest BCUT2D eigenvalue weighted by Gasteiger charge is 2.22. The van der Waals surface area contributed by atoms with E-state index in [9.17, 15) is 9.90 Å². The van der Waals surface area contributed by atoms with Crippen molar-refractivity contribution in [2.75, 3.05) is 25.0 Å². The molecule has 92 valence electrons. The zero-order valence-corrected chi connectivity index (χ0v) is 10.2. The van der Waals surface area contributed by atoms with Gasteiger partial charge in [0.15, 0.2) is 0 Å². The second-order valence-electron chi connectivity index (χ2n) is 4.21. The summed E-state index contributed by atoms with van der Waals surface area (Å²) in [6.45, 7) is 1.62. The zero-order valence-electron chi connectivity index (χ0n) is 9.40. The molecule has 2 rings (SSSR count). The molecule has 1 aromatic rings. The van der Waals surface area contributed by atoms with Crippen molar-refractivity contribution in [1.82, 2.24) is 4.90 Å². The quantitative estimate of drug-likeness (QED) is 0.856.